The number of hydrogen-bond acceptors (Lipinski definition) is 3. The lowest BCUT2D eigenvalue weighted by Gasteiger charge is -2.44. The van der Waals surface area contributed by atoms with Crippen molar-refractivity contribution < 1.29 is 0 Å². The second-order valence-corrected chi connectivity index (χ2v) is 6.52. The van der Waals surface area contributed by atoms with Crippen LogP contribution < -0.4 is 5.32 Å². The largest absolute Gasteiger partial charge is 0.313 e. The first-order valence-corrected chi connectivity index (χ1v) is 8.60. The van der Waals surface area contributed by atoms with Crippen molar-refractivity contribution in [2.45, 2.75) is 45.3 Å². The molecule has 21 heavy (non-hydrogen) atoms. The molecule has 1 aromatic rings. The normalized spacial score (nSPS) is 24.0. The molecule has 0 aliphatic carbocycles. The standard InChI is InChI=1S/C18H29N3/c1-2-19-13-16-6-5-7-17(12-16)14-20-10-11-21-9-4-3-8-18(21)15-20/h5-7,12,18-19H,2-4,8-11,13-15H2,1H3. The van der Waals surface area contributed by atoms with Crippen molar-refractivity contribution in [3.8, 4) is 0 Å². The highest BCUT2D eigenvalue weighted by atomic mass is 15.3. The average Bonchev–Trinajstić information content (AvgIpc) is 2.53. The number of benzene rings is 1. The third-order valence-corrected chi connectivity index (χ3v) is 4.90. The van der Waals surface area contributed by atoms with Crippen LogP contribution in [0.25, 0.3) is 0 Å². The quantitative estimate of drug-likeness (QED) is 0.897. The molecule has 116 valence electrons. The molecule has 0 radical (unpaired) electrons. The highest BCUT2D eigenvalue weighted by molar-refractivity contribution is 5.23. The Hall–Kier alpha value is -0.900. The van der Waals surface area contributed by atoms with Crippen LogP contribution in [0.4, 0.5) is 0 Å². The number of nitrogens with one attached hydrogen (secondary N) is 1. The first-order valence-electron chi connectivity index (χ1n) is 8.60. The van der Waals surface area contributed by atoms with E-state index in [0.29, 0.717) is 0 Å². The SMILES string of the molecule is CCNCc1cccc(CN2CCN3CCCCC3C2)c1. The maximum absolute atomic E-state index is 3.41. The summed E-state index contributed by atoms with van der Waals surface area (Å²) >= 11 is 0. The summed E-state index contributed by atoms with van der Waals surface area (Å²) in [5, 5.41) is 3.41. The zero-order valence-electron chi connectivity index (χ0n) is 13.4. The fraction of sp³-hybridized carbons (Fsp3) is 0.667. The highest BCUT2D eigenvalue weighted by Crippen LogP contribution is 2.22. The van der Waals surface area contributed by atoms with E-state index in [1.165, 1.54) is 56.6 Å². The number of fused-ring (bicyclic) bond motifs is 1. The summed E-state index contributed by atoms with van der Waals surface area (Å²) in [6, 6.07) is 9.90. The first kappa shape index (κ1) is 15.0. The molecule has 0 aromatic heterocycles. The molecule has 1 unspecified atom stereocenters. The Bertz CT molecular complexity index is 446. The Kier molecular flexibility index (Phi) is 5.28. The molecule has 3 nitrogen and oxygen atoms in total. The second kappa shape index (κ2) is 7.39. The van der Waals surface area contributed by atoms with Crippen LogP contribution in [0.15, 0.2) is 24.3 Å². The van der Waals surface area contributed by atoms with E-state index in [4.69, 9.17) is 0 Å². The van der Waals surface area contributed by atoms with E-state index in [9.17, 15) is 0 Å². The molecule has 2 fully saturated rings. The van der Waals surface area contributed by atoms with Crippen molar-refractivity contribution in [2.75, 3.05) is 32.7 Å². The lowest BCUT2D eigenvalue weighted by Crippen LogP contribution is -2.54. The van der Waals surface area contributed by atoms with Crippen LogP contribution in [-0.4, -0.2) is 48.6 Å². The summed E-state index contributed by atoms with van der Waals surface area (Å²) < 4.78 is 0. The average molecular weight is 287 g/mol. The van der Waals surface area contributed by atoms with E-state index in [0.717, 1.165) is 25.7 Å². The number of piperidine rings is 1. The minimum Gasteiger partial charge on any atom is -0.313 e. The monoisotopic (exact) mass is 287 g/mol. The number of nitrogens with zero attached hydrogens (tertiary/aromatic N) is 2. The van der Waals surface area contributed by atoms with Crippen molar-refractivity contribution in [1.82, 2.24) is 15.1 Å². The summed E-state index contributed by atoms with van der Waals surface area (Å²) in [4.78, 5) is 5.36. The van der Waals surface area contributed by atoms with Crippen LogP contribution in [0.1, 0.15) is 37.3 Å². The van der Waals surface area contributed by atoms with Crippen molar-refractivity contribution in [3.05, 3.63) is 35.4 Å². The minimum absolute atomic E-state index is 0.817. The molecule has 1 N–H and O–H groups in total. The third-order valence-electron chi connectivity index (χ3n) is 4.90. The zero-order valence-corrected chi connectivity index (χ0v) is 13.4. The van der Waals surface area contributed by atoms with Crippen LogP contribution in [-0.2, 0) is 13.1 Å². The van der Waals surface area contributed by atoms with Crippen LogP contribution in [0.5, 0.6) is 0 Å². The van der Waals surface area contributed by atoms with Crippen LogP contribution >= 0.6 is 0 Å². The Morgan fingerprint density at radius 3 is 2.95 bits per heavy atom. The van der Waals surface area contributed by atoms with Crippen LogP contribution in [0.2, 0.25) is 0 Å². The van der Waals surface area contributed by atoms with Gasteiger partial charge in [-0.1, -0.05) is 37.6 Å². The van der Waals surface area contributed by atoms with Crippen LogP contribution in [0, 0.1) is 0 Å². The van der Waals surface area contributed by atoms with Gasteiger partial charge in [0.1, 0.15) is 0 Å². The first-order chi connectivity index (χ1) is 10.3. The van der Waals surface area contributed by atoms with Gasteiger partial charge in [0.15, 0.2) is 0 Å². The van der Waals surface area contributed by atoms with Gasteiger partial charge < -0.3 is 5.32 Å². The van der Waals surface area contributed by atoms with E-state index in [-0.39, 0.29) is 0 Å². The van der Waals surface area contributed by atoms with Gasteiger partial charge in [-0.3, -0.25) is 9.80 Å². The molecule has 2 aliphatic rings. The Labute approximate surface area is 129 Å². The number of hydrogen-bond donors (Lipinski definition) is 1. The third kappa shape index (κ3) is 4.06. The van der Waals surface area contributed by atoms with Crippen molar-refractivity contribution >= 4 is 0 Å². The second-order valence-electron chi connectivity index (χ2n) is 6.52. The van der Waals surface area contributed by atoms with E-state index < -0.39 is 0 Å². The van der Waals surface area contributed by atoms with Crippen molar-refractivity contribution in [3.63, 3.8) is 0 Å². The molecule has 0 saturated carbocycles. The summed E-state index contributed by atoms with van der Waals surface area (Å²) in [6.45, 7) is 10.4. The van der Waals surface area contributed by atoms with E-state index in [1.54, 1.807) is 0 Å². The molecule has 2 saturated heterocycles. The molecular formula is C18H29N3. The lowest BCUT2D eigenvalue weighted by molar-refractivity contribution is 0.0457. The van der Waals surface area contributed by atoms with Crippen molar-refractivity contribution in [1.29, 1.82) is 0 Å². The Morgan fingerprint density at radius 2 is 2.05 bits per heavy atom. The summed E-state index contributed by atoms with van der Waals surface area (Å²) in [6.07, 6.45) is 4.23. The molecule has 0 amide bonds. The number of rotatable bonds is 5. The van der Waals surface area contributed by atoms with Gasteiger partial charge in [-0.2, -0.15) is 0 Å². The minimum atomic E-state index is 0.817. The maximum atomic E-state index is 3.41. The fourth-order valence-electron chi connectivity index (χ4n) is 3.73. The van der Waals surface area contributed by atoms with Gasteiger partial charge in [0, 0.05) is 38.8 Å². The van der Waals surface area contributed by atoms with Crippen LogP contribution in [0.3, 0.4) is 0 Å². The predicted molar refractivity (Wildman–Crippen MR) is 88.3 cm³/mol. The van der Waals surface area contributed by atoms with Gasteiger partial charge in [-0.15, -0.1) is 0 Å². The topological polar surface area (TPSA) is 18.5 Å². The van der Waals surface area contributed by atoms with Gasteiger partial charge in [0.2, 0.25) is 0 Å². The Balaban J connectivity index is 1.56. The summed E-state index contributed by atoms with van der Waals surface area (Å²) in [5.41, 5.74) is 2.88. The molecule has 2 aliphatic heterocycles. The van der Waals surface area contributed by atoms with E-state index in [2.05, 4.69) is 46.3 Å². The summed E-state index contributed by atoms with van der Waals surface area (Å²) in [7, 11) is 0. The maximum Gasteiger partial charge on any atom is 0.0235 e. The zero-order chi connectivity index (χ0) is 14.5. The van der Waals surface area contributed by atoms with E-state index in [1.807, 2.05) is 0 Å². The summed E-state index contributed by atoms with van der Waals surface area (Å²) in [5.74, 6) is 0. The molecule has 3 rings (SSSR count). The van der Waals surface area contributed by atoms with Gasteiger partial charge in [0.25, 0.3) is 0 Å². The van der Waals surface area contributed by atoms with Gasteiger partial charge in [0.05, 0.1) is 0 Å². The lowest BCUT2D eigenvalue weighted by atomic mass is 9.99. The molecule has 0 spiro atoms. The Morgan fingerprint density at radius 1 is 1.14 bits per heavy atom. The fourth-order valence-corrected chi connectivity index (χ4v) is 3.73. The number of piperazine rings is 1. The predicted octanol–water partition coefficient (Wildman–Crippen LogP) is 2.47. The molecule has 3 heteroatoms. The van der Waals surface area contributed by atoms with Gasteiger partial charge in [-0.25, -0.2) is 0 Å². The smallest absolute Gasteiger partial charge is 0.0235 e. The van der Waals surface area contributed by atoms with Gasteiger partial charge >= 0.3 is 0 Å². The van der Waals surface area contributed by atoms with E-state index >= 15 is 0 Å². The molecular weight excluding hydrogens is 258 g/mol. The molecule has 1 atom stereocenters. The van der Waals surface area contributed by atoms with Gasteiger partial charge in [-0.05, 0) is 37.1 Å². The molecule has 1 aromatic carbocycles. The molecule has 2 heterocycles. The molecule has 0 bridgehead atoms. The highest BCUT2D eigenvalue weighted by Gasteiger charge is 2.28. The van der Waals surface area contributed by atoms with Crippen molar-refractivity contribution in [2.24, 2.45) is 0 Å².